The Bertz CT molecular complexity index is 892. The number of hydrogen-bond acceptors (Lipinski definition) is 14. The van der Waals surface area contributed by atoms with E-state index in [0.717, 1.165) is 0 Å². The van der Waals surface area contributed by atoms with Gasteiger partial charge >= 0.3 is 19.7 Å². The van der Waals surface area contributed by atoms with E-state index in [1.54, 1.807) is 13.8 Å². The second kappa shape index (κ2) is 16.7. The van der Waals surface area contributed by atoms with Crippen LogP contribution in [-0.2, 0) is 37.4 Å². The van der Waals surface area contributed by atoms with Crippen LogP contribution in [0.1, 0.15) is 34.1 Å². The van der Waals surface area contributed by atoms with Crippen LogP contribution in [0.25, 0.3) is 0 Å². The molecule has 0 spiro atoms. The third-order valence-electron chi connectivity index (χ3n) is 3.89. The number of anilines is 2. The van der Waals surface area contributed by atoms with Crippen molar-refractivity contribution < 1.29 is 46.9 Å². The predicted molar refractivity (Wildman–Crippen MR) is 129 cm³/mol. The molecule has 1 rings (SSSR count). The monoisotopic (exact) mass is 534 g/mol. The zero-order chi connectivity index (χ0) is 27.0. The van der Waals surface area contributed by atoms with Gasteiger partial charge in [-0.15, -0.1) is 0 Å². The van der Waals surface area contributed by atoms with Gasteiger partial charge in [0.15, 0.2) is 0 Å². The lowest BCUT2D eigenvalue weighted by Gasteiger charge is -2.18. The van der Waals surface area contributed by atoms with E-state index in [1.807, 2.05) is 6.92 Å². The first-order chi connectivity index (χ1) is 17.0. The first kappa shape index (κ1) is 31.1. The van der Waals surface area contributed by atoms with Gasteiger partial charge in [-0.1, -0.05) is 6.08 Å². The summed E-state index contributed by atoms with van der Waals surface area (Å²) in [6.07, 6.45) is 0.327. The van der Waals surface area contributed by atoms with Crippen molar-refractivity contribution in [2.24, 2.45) is 0 Å². The highest BCUT2D eigenvalue weighted by Gasteiger charge is 2.25. The number of esters is 1. The molecule has 0 aromatic carbocycles. The lowest BCUT2D eigenvalue weighted by atomic mass is 10.3. The van der Waals surface area contributed by atoms with E-state index >= 15 is 0 Å². The van der Waals surface area contributed by atoms with Gasteiger partial charge in [0.2, 0.25) is 18.6 Å². The molecular weight excluding hydrogens is 499 g/mol. The molecule has 36 heavy (non-hydrogen) atoms. The van der Waals surface area contributed by atoms with Crippen molar-refractivity contribution in [3.63, 3.8) is 0 Å². The summed E-state index contributed by atoms with van der Waals surface area (Å²) >= 11 is 0. The largest absolute Gasteiger partial charge is 0.510 e. The zero-order valence-electron chi connectivity index (χ0n) is 21.0. The Labute approximate surface area is 210 Å². The first-order valence-corrected chi connectivity index (χ1v) is 12.9. The maximum atomic E-state index is 13.3. The Morgan fingerprint density at radius 3 is 2.50 bits per heavy atom. The fourth-order valence-electron chi connectivity index (χ4n) is 2.33. The van der Waals surface area contributed by atoms with Crippen molar-refractivity contribution in [2.75, 3.05) is 57.5 Å². The van der Waals surface area contributed by atoms with Crippen LogP contribution in [0.5, 0.6) is 5.88 Å². The number of nitrogens with zero attached hydrogens (tertiary/aromatic N) is 2. The molecule has 0 saturated heterocycles. The molecule has 1 aromatic rings. The minimum absolute atomic E-state index is 0.0663. The van der Waals surface area contributed by atoms with E-state index in [4.69, 9.17) is 44.2 Å². The summed E-state index contributed by atoms with van der Waals surface area (Å²) < 4.78 is 49.5. The zero-order valence-corrected chi connectivity index (χ0v) is 21.9. The fourth-order valence-corrected chi connectivity index (χ4v) is 3.72. The van der Waals surface area contributed by atoms with Crippen molar-refractivity contribution >= 4 is 31.5 Å². The second-order valence-electron chi connectivity index (χ2n) is 7.41. The quantitative estimate of drug-likeness (QED) is 0.0973. The average molecular weight is 535 g/mol. The highest BCUT2D eigenvalue weighted by molar-refractivity contribution is 7.54. The van der Waals surface area contributed by atoms with Crippen LogP contribution in [0.3, 0.4) is 0 Å². The summed E-state index contributed by atoms with van der Waals surface area (Å²) in [6.45, 7) is 6.47. The molecule has 1 unspecified atom stereocenters. The number of rotatable bonds is 17. The highest BCUT2D eigenvalue weighted by atomic mass is 31.2. The van der Waals surface area contributed by atoms with Crippen LogP contribution in [0.4, 0.5) is 16.6 Å². The molecule has 204 valence electrons. The third kappa shape index (κ3) is 14.5. The minimum Gasteiger partial charge on any atom is -0.473 e. The van der Waals surface area contributed by atoms with Crippen molar-refractivity contribution in [1.29, 1.82) is 0 Å². The predicted octanol–water partition coefficient (Wildman–Crippen LogP) is 2.68. The molecule has 0 aliphatic rings. The average Bonchev–Trinajstić information content (AvgIpc) is 2.77. The lowest BCUT2D eigenvalue weighted by molar-refractivity contribution is -0.140. The maximum absolute atomic E-state index is 13.3. The smallest absolute Gasteiger partial charge is 0.473 e. The van der Waals surface area contributed by atoms with E-state index in [2.05, 4.69) is 9.97 Å². The van der Waals surface area contributed by atoms with Gasteiger partial charge in [0.05, 0.1) is 18.9 Å². The van der Waals surface area contributed by atoms with Crippen LogP contribution in [0, 0.1) is 0 Å². The van der Waals surface area contributed by atoms with Gasteiger partial charge in [-0.05, 0) is 27.2 Å². The van der Waals surface area contributed by atoms with E-state index in [0.29, 0.717) is 25.2 Å². The van der Waals surface area contributed by atoms with Gasteiger partial charge in [-0.2, -0.15) is 9.97 Å². The molecule has 0 saturated carbocycles. The molecule has 0 fully saturated rings. The third-order valence-corrected chi connectivity index (χ3v) is 5.60. The number of carbonyl (C=O) groups excluding carboxylic acids is 2. The Balaban J connectivity index is 2.90. The fraction of sp³-hybridized carbons (Fsp3) is 0.619. The number of aromatic nitrogens is 2. The Hall–Kier alpha value is -2.93. The topological polar surface area (TPSA) is 194 Å². The van der Waals surface area contributed by atoms with Crippen LogP contribution >= 0.6 is 7.60 Å². The number of nitrogens with two attached hydrogens (primary N) is 2. The SMILES string of the molecule is CCOCCCOP(=O)(C/C=C(\COC(C)=O)COc1cc(N)nc(N)n1)OCOC(=O)OC(C)C. The number of nitrogen functional groups attached to an aromatic ring is 2. The molecular formula is C21H35N4O10P. The van der Waals surface area contributed by atoms with Crippen molar-refractivity contribution in [2.45, 2.75) is 40.2 Å². The van der Waals surface area contributed by atoms with Gasteiger partial charge in [0.1, 0.15) is 19.0 Å². The highest BCUT2D eigenvalue weighted by Crippen LogP contribution is 2.48. The minimum atomic E-state index is -3.80. The molecule has 0 radical (unpaired) electrons. The molecule has 0 aliphatic heterocycles. The Morgan fingerprint density at radius 1 is 1.11 bits per heavy atom. The molecule has 0 amide bonds. The summed E-state index contributed by atoms with van der Waals surface area (Å²) in [5.74, 6) is -0.403. The van der Waals surface area contributed by atoms with Gasteiger partial charge in [-0.25, -0.2) is 4.79 Å². The van der Waals surface area contributed by atoms with Crippen molar-refractivity contribution in [1.82, 2.24) is 9.97 Å². The van der Waals surface area contributed by atoms with Gasteiger partial charge < -0.3 is 39.7 Å². The van der Waals surface area contributed by atoms with E-state index in [-0.39, 0.29) is 43.6 Å². The molecule has 1 atom stereocenters. The van der Waals surface area contributed by atoms with Gasteiger partial charge in [0, 0.05) is 31.8 Å². The van der Waals surface area contributed by atoms with Gasteiger partial charge in [0.25, 0.3) is 0 Å². The Kier molecular flexibility index (Phi) is 14.4. The van der Waals surface area contributed by atoms with E-state index < -0.39 is 32.6 Å². The lowest BCUT2D eigenvalue weighted by Crippen LogP contribution is -2.15. The summed E-state index contributed by atoms with van der Waals surface area (Å²) in [5.41, 5.74) is 11.6. The summed E-state index contributed by atoms with van der Waals surface area (Å²) in [7, 11) is -3.80. The summed E-state index contributed by atoms with van der Waals surface area (Å²) in [5, 5.41) is 0. The molecule has 4 N–H and O–H groups in total. The first-order valence-electron chi connectivity index (χ1n) is 11.2. The number of hydrogen-bond donors (Lipinski definition) is 2. The number of carbonyl (C=O) groups is 2. The Morgan fingerprint density at radius 2 is 1.86 bits per heavy atom. The number of allylic oxidation sites excluding steroid dienone is 1. The van der Waals surface area contributed by atoms with Crippen molar-refractivity contribution in [3.05, 3.63) is 17.7 Å². The van der Waals surface area contributed by atoms with E-state index in [1.165, 1.54) is 19.1 Å². The normalized spacial score (nSPS) is 13.2. The molecule has 0 aliphatic carbocycles. The standard InChI is InChI=1S/C21H35N4O10P/c1-5-29-8-6-9-33-36(28,34-14-32-21(27)35-15(2)3)10-7-17(12-30-16(4)26)13-31-19-11-18(22)24-20(23)25-19/h7,11,15H,5-6,8-10,12-14H2,1-4H3,(H4,22,23,24,25)/b17-7+. The molecule has 0 bridgehead atoms. The second-order valence-corrected chi connectivity index (χ2v) is 9.51. The van der Waals surface area contributed by atoms with Crippen LogP contribution < -0.4 is 16.2 Å². The molecule has 15 heteroatoms. The molecule has 1 heterocycles. The van der Waals surface area contributed by atoms with Crippen LogP contribution in [0.15, 0.2) is 17.7 Å². The van der Waals surface area contributed by atoms with E-state index in [9.17, 15) is 14.2 Å². The van der Waals surface area contributed by atoms with Crippen molar-refractivity contribution in [3.8, 4) is 5.88 Å². The molecule has 1 aromatic heterocycles. The summed E-state index contributed by atoms with van der Waals surface area (Å²) in [6, 6.07) is 1.36. The number of ether oxygens (including phenoxy) is 5. The maximum Gasteiger partial charge on any atom is 0.510 e. The van der Waals surface area contributed by atoms with Crippen LogP contribution in [0.2, 0.25) is 0 Å². The van der Waals surface area contributed by atoms with Gasteiger partial charge in [-0.3, -0.25) is 13.9 Å². The van der Waals surface area contributed by atoms with Crippen LogP contribution in [-0.4, -0.2) is 74.2 Å². The summed E-state index contributed by atoms with van der Waals surface area (Å²) in [4.78, 5) is 30.5. The molecule has 14 nitrogen and oxygen atoms in total.